The molecule has 0 saturated carbocycles. The number of rotatable bonds is 10. The van der Waals surface area contributed by atoms with Crippen LogP contribution in [0.1, 0.15) is 67.1 Å². The molecule has 2 unspecified atom stereocenters. The molecule has 4 N–H and O–H groups in total. The van der Waals surface area contributed by atoms with Crippen LogP contribution >= 0.6 is 0 Å². The quantitative estimate of drug-likeness (QED) is 0.386. The molecule has 0 fully saturated rings. The fourth-order valence-electron chi connectivity index (χ4n) is 3.31. The van der Waals surface area contributed by atoms with Gasteiger partial charge < -0.3 is 21.2 Å². The third-order valence-corrected chi connectivity index (χ3v) is 5.55. The summed E-state index contributed by atoms with van der Waals surface area (Å²) < 4.78 is 0. The number of carbonyl (C=O) groups excluding carboxylic acids is 1. The van der Waals surface area contributed by atoms with Gasteiger partial charge in [-0.25, -0.2) is 0 Å². The highest BCUT2D eigenvalue weighted by molar-refractivity contribution is 6.05. The van der Waals surface area contributed by atoms with Gasteiger partial charge in [-0.2, -0.15) is 0 Å². The first-order valence-electron chi connectivity index (χ1n) is 10.5. The monoisotopic (exact) mass is 407 g/mol. The lowest BCUT2D eigenvalue weighted by atomic mass is 9.89. The minimum absolute atomic E-state index is 0.0498. The lowest BCUT2D eigenvalue weighted by molar-refractivity contribution is 0.102. The number of carbonyl (C=O) groups is 1. The Balaban J connectivity index is 2.00. The summed E-state index contributed by atoms with van der Waals surface area (Å²) >= 11 is 0. The molecule has 0 aromatic heterocycles. The van der Waals surface area contributed by atoms with E-state index >= 15 is 0 Å². The Bertz CT molecular complexity index is 903. The maximum atomic E-state index is 12.5. The predicted octanol–water partition coefficient (Wildman–Crippen LogP) is 5.59. The molecule has 0 radical (unpaired) electrons. The molecule has 0 aliphatic heterocycles. The molecule has 0 heterocycles. The van der Waals surface area contributed by atoms with Gasteiger partial charge in [-0.15, -0.1) is 0 Å². The molecule has 5 nitrogen and oxygen atoms in total. The number of anilines is 1. The SMILES string of the molecule is CCC(C)C(=N)CC(C)CC(=N)c1ccc(NC(=O)c2ccc(CO)cc2)c(C)c1. The highest BCUT2D eigenvalue weighted by atomic mass is 16.3. The van der Waals surface area contributed by atoms with Crippen LogP contribution in [-0.4, -0.2) is 22.4 Å². The van der Waals surface area contributed by atoms with E-state index in [4.69, 9.17) is 15.9 Å². The second-order valence-corrected chi connectivity index (χ2v) is 8.17. The molecule has 0 saturated heterocycles. The van der Waals surface area contributed by atoms with Crippen LogP contribution in [0.5, 0.6) is 0 Å². The van der Waals surface area contributed by atoms with Gasteiger partial charge in [-0.1, -0.05) is 39.0 Å². The largest absolute Gasteiger partial charge is 0.392 e. The van der Waals surface area contributed by atoms with E-state index < -0.39 is 0 Å². The minimum Gasteiger partial charge on any atom is -0.392 e. The first-order valence-corrected chi connectivity index (χ1v) is 10.5. The summed E-state index contributed by atoms with van der Waals surface area (Å²) in [5.74, 6) is 0.342. The topological polar surface area (TPSA) is 97.0 Å². The van der Waals surface area contributed by atoms with Crippen LogP contribution in [0.2, 0.25) is 0 Å². The zero-order chi connectivity index (χ0) is 22.3. The van der Waals surface area contributed by atoms with Crippen molar-refractivity contribution in [2.75, 3.05) is 5.32 Å². The zero-order valence-corrected chi connectivity index (χ0v) is 18.4. The van der Waals surface area contributed by atoms with Crippen molar-refractivity contribution in [3.05, 3.63) is 64.7 Å². The number of aliphatic hydroxyl groups is 1. The molecule has 2 aromatic carbocycles. The molecule has 5 heteroatoms. The normalized spacial score (nSPS) is 12.8. The van der Waals surface area contributed by atoms with Crippen LogP contribution in [0.4, 0.5) is 5.69 Å². The van der Waals surface area contributed by atoms with E-state index in [1.165, 1.54) is 0 Å². The Morgan fingerprint density at radius 1 is 1.03 bits per heavy atom. The number of aryl methyl sites for hydroxylation is 1. The Morgan fingerprint density at radius 2 is 1.67 bits per heavy atom. The maximum absolute atomic E-state index is 12.5. The van der Waals surface area contributed by atoms with Crippen molar-refractivity contribution in [3.63, 3.8) is 0 Å². The second-order valence-electron chi connectivity index (χ2n) is 8.17. The Labute approximate surface area is 179 Å². The Hall–Kier alpha value is -2.79. The highest BCUT2D eigenvalue weighted by Gasteiger charge is 2.15. The summed E-state index contributed by atoms with van der Waals surface area (Å²) in [6.45, 7) is 8.14. The Morgan fingerprint density at radius 3 is 2.23 bits per heavy atom. The van der Waals surface area contributed by atoms with Crippen LogP contribution in [0.25, 0.3) is 0 Å². The minimum atomic E-state index is -0.206. The predicted molar refractivity (Wildman–Crippen MR) is 124 cm³/mol. The van der Waals surface area contributed by atoms with Crippen molar-refractivity contribution in [2.24, 2.45) is 11.8 Å². The average Bonchev–Trinajstić information content (AvgIpc) is 2.74. The molecular weight excluding hydrogens is 374 g/mol. The summed E-state index contributed by atoms with van der Waals surface area (Å²) in [6, 6.07) is 12.5. The Kier molecular flexibility index (Phi) is 8.48. The first kappa shape index (κ1) is 23.5. The summed E-state index contributed by atoms with van der Waals surface area (Å²) in [4.78, 5) is 12.5. The number of hydrogen-bond acceptors (Lipinski definition) is 4. The van der Waals surface area contributed by atoms with Crippen LogP contribution in [0, 0.1) is 29.6 Å². The number of aliphatic hydroxyl groups excluding tert-OH is 1. The van der Waals surface area contributed by atoms with Gasteiger partial charge in [0, 0.05) is 22.7 Å². The smallest absolute Gasteiger partial charge is 0.255 e. The molecule has 2 rings (SSSR count). The van der Waals surface area contributed by atoms with Gasteiger partial charge >= 0.3 is 0 Å². The van der Waals surface area contributed by atoms with E-state index in [1.807, 2.05) is 25.1 Å². The van der Waals surface area contributed by atoms with Crippen molar-refractivity contribution in [3.8, 4) is 0 Å². The summed E-state index contributed by atoms with van der Waals surface area (Å²) in [6.07, 6.45) is 2.32. The van der Waals surface area contributed by atoms with Crippen LogP contribution in [0.3, 0.4) is 0 Å². The van der Waals surface area contributed by atoms with Gasteiger partial charge in [0.25, 0.3) is 5.91 Å². The van der Waals surface area contributed by atoms with Crippen molar-refractivity contribution in [1.82, 2.24) is 0 Å². The van der Waals surface area contributed by atoms with E-state index in [9.17, 15) is 4.79 Å². The standard InChI is InChI=1S/C25H33N3O2/c1-5-17(3)22(26)12-16(2)13-23(27)21-10-11-24(18(4)14-21)28-25(30)20-8-6-19(15-29)7-9-20/h6-11,14,16-17,26-27,29H,5,12-13,15H2,1-4H3,(H,28,30). The lowest BCUT2D eigenvalue weighted by Gasteiger charge is -2.17. The van der Waals surface area contributed by atoms with E-state index in [-0.39, 0.29) is 18.4 Å². The van der Waals surface area contributed by atoms with Crippen molar-refractivity contribution < 1.29 is 9.90 Å². The van der Waals surface area contributed by atoms with Crippen molar-refractivity contribution >= 4 is 23.0 Å². The molecule has 2 atom stereocenters. The molecule has 30 heavy (non-hydrogen) atoms. The molecule has 160 valence electrons. The molecule has 0 aliphatic carbocycles. The van der Waals surface area contributed by atoms with Gasteiger partial charge in [0.05, 0.1) is 6.61 Å². The van der Waals surface area contributed by atoms with Crippen molar-refractivity contribution in [1.29, 1.82) is 10.8 Å². The van der Waals surface area contributed by atoms with Gasteiger partial charge in [0.15, 0.2) is 0 Å². The average molecular weight is 408 g/mol. The van der Waals surface area contributed by atoms with E-state index in [0.717, 1.165) is 40.9 Å². The molecule has 1 amide bonds. The highest BCUT2D eigenvalue weighted by Crippen LogP contribution is 2.21. The zero-order valence-electron chi connectivity index (χ0n) is 18.4. The van der Waals surface area contributed by atoms with Gasteiger partial charge in [0.1, 0.15) is 0 Å². The molecule has 0 aliphatic rings. The molecule has 0 bridgehead atoms. The molecule has 0 spiro atoms. The first-order chi connectivity index (χ1) is 14.2. The number of amides is 1. The third kappa shape index (κ3) is 6.36. The molecule has 2 aromatic rings. The van der Waals surface area contributed by atoms with Crippen LogP contribution in [-0.2, 0) is 6.61 Å². The second kappa shape index (κ2) is 10.8. The summed E-state index contributed by atoms with van der Waals surface area (Å²) in [5, 5.41) is 28.7. The fraction of sp³-hybridized carbons (Fsp3) is 0.400. The fourth-order valence-corrected chi connectivity index (χ4v) is 3.31. The van der Waals surface area contributed by atoms with Crippen molar-refractivity contribution in [2.45, 2.75) is 53.6 Å². The summed E-state index contributed by atoms with van der Waals surface area (Å²) in [7, 11) is 0. The van der Waals surface area contributed by atoms with Gasteiger partial charge in [-0.3, -0.25) is 4.79 Å². The third-order valence-electron chi connectivity index (χ3n) is 5.55. The van der Waals surface area contributed by atoms with E-state index in [0.29, 0.717) is 23.6 Å². The van der Waals surface area contributed by atoms with Crippen LogP contribution < -0.4 is 5.32 Å². The van der Waals surface area contributed by atoms with Crippen LogP contribution in [0.15, 0.2) is 42.5 Å². The van der Waals surface area contributed by atoms with E-state index in [2.05, 4.69) is 26.1 Å². The van der Waals surface area contributed by atoms with Gasteiger partial charge in [0.2, 0.25) is 0 Å². The van der Waals surface area contributed by atoms with E-state index in [1.54, 1.807) is 24.3 Å². The lowest BCUT2D eigenvalue weighted by Crippen LogP contribution is -2.16. The number of nitrogens with one attached hydrogen (secondary N) is 3. The number of hydrogen-bond donors (Lipinski definition) is 4. The number of benzene rings is 2. The molecular formula is C25H33N3O2. The summed E-state index contributed by atoms with van der Waals surface area (Å²) in [5.41, 5.74) is 5.07. The maximum Gasteiger partial charge on any atom is 0.255 e. The van der Waals surface area contributed by atoms with Gasteiger partial charge in [-0.05, 0) is 79.0 Å².